The Bertz CT molecular complexity index is 1350. The molecule has 13 rings (SSSR count). The Hall–Kier alpha value is -3.44. The summed E-state index contributed by atoms with van der Waals surface area (Å²) in [5.74, 6) is 0. The fourth-order valence-electron chi connectivity index (χ4n) is 7.32. The summed E-state index contributed by atoms with van der Waals surface area (Å²) >= 11 is 0. The van der Waals surface area contributed by atoms with Crippen LogP contribution in [0.1, 0.15) is 72.8 Å². The maximum absolute atomic E-state index is 13.6. The predicted molar refractivity (Wildman–Crippen MR) is 162 cm³/mol. The smallest absolute Gasteiger partial charge is 0.323 e. The van der Waals surface area contributed by atoms with Crippen LogP contribution in [0.25, 0.3) is 0 Å². The number of rotatable bonds is 2. The number of benzene rings is 3. The molecule has 9 heterocycles. The molecule has 1 N–H and O–H groups in total. The summed E-state index contributed by atoms with van der Waals surface area (Å²) in [6.45, 7) is 2.87. The first-order valence-corrected chi connectivity index (χ1v) is 15.3. The molecule has 0 radical (unpaired) electrons. The van der Waals surface area contributed by atoms with Crippen LogP contribution in [-0.4, -0.2) is 47.9 Å². The first-order valence-electron chi connectivity index (χ1n) is 15.3. The molecule has 1 spiro atoms. The van der Waals surface area contributed by atoms with Gasteiger partial charge in [0.25, 0.3) is 0 Å². The van der Waals surface area contributed by atoms with E-state index in [1.807, 2.05) is 0 Å². The highest BCUT2D eigenvalue weighted by Gasteiger charge is 2.54. The van der Waals surface area contributed by atoms with Crippen LogP contribution >= 0.6 is 0 Å². The molecule has 206 valence electrons. The molecule has 10 aliphatic rings. The Kier molecular flexibility index (Phi) is 6.92. The summed E-state index contributed by atoms with van der Waals surface area (Å²) in [7, 11) is 0. The molecule has 1 saturated carbocycles. The van der Waals surface area contributed by atoms with E-state index >= 15 is 0 Å². The number of nitrogens with zero attached hydrogens (tertiary/aromatic N) is 3. The minimum absolute atomic E-state index is 0.00890. The number of urea groups is 1. The normalized spacial score (nSPS) is 26.9. The van der Waals surface area contributed by atoms with Crippen molar-refractivity contribution < 1.29 is 4.79 Å². The number of piperidine rings is 1. The topological polar surface area (TPSA) is 47.9 Å². The summed E-state index contributed by atoms with van der Waals surface area (Å²) in [5.41, 5.74) is 7.31. The third-order valence-corrected chi connectivity index (χ3v) is 9.71. The van der Waals surface area contributed by atoms with E-state index in [1.54, 1.807) is 0 Å². The van der Waals surface area contributed by atoms with E-state index in [4.69, 9.17) is 4.99 Å². The van der Waals surface area contributed by atoms with E-state index < -0.39 is 0 Å². The summed E-state index contributed by atoms with van der Waals surface area (Å²) < 4.78 is 0. The molecule has 8 bridgehead atoms. The van der Waals surface area contributed by atoms with Gasteiger partial charge < -0.3 is 5.32 Å². The number of hydrogen-bond donors (Lipinski definition) is 1. The molecule has 3 aromatic rings. The number of hydrogen-bond acceptors (Lipinski definition) is 3. The Balaban J connectivity index is 1.23. The lowest BCUT2D eigenvalue weighted by atomic mass is 9.80. The standard InChI is InChI=1S/C35H40N4O/c40-34-37-33(24-36-31-4-2-1-3-5-31)35-18-20-38(21-19-35)25-30-12-10-28(11-13-30)22-26-6-8-27(9-7-26)23-29-14-16-32(17-15-29)39(34)35/h6-17,24,31,33H,1-5,18-23,25H2,(H,37,40). The molecule has 0 aromatic heterocycles. The monoisotopic (exact) mass is 532 g/mol. The maximum atomic E-state index is 13.6. The zero-order chi connectivity index (χ0) is 26.9. The van der Waals surface area contributed by atoms with Crippen molar-refractivity contribution in [2.45, 2.75) is 82.0 Å². The molecule has 5 heteroatoms. The highest BCUT2D eigenvalue weighted by molar-refractivity contribution is 6.00. The van der Waals surface area contributed by atoms with E-state index in [1.165, 1.54) is 59.9 Å². The van der Waals surface area contributed by atoms with Crippen molar-refractivity contribution in [3.05, 3.63) is 101 Å². The highest BCUT2D eigenvalue weighted by Crippen LogP contribution is 2.40. The summed E-state index contributed by atoms with van der Waals surface area (Å²) in [4.78, 5) is 23.3. The number of carbonyl (C=O) groups is 1. The van der Waals surface area contributed by atoms with Crippen LogP contribution in [0.3, 0.4) is 0 Å². The van der Waals surface area contributed by atoms with Crippen molar-refractivity contribution in [2.24, 2.45) is 4.99 Å². The van der Waals surface area contributed by atoms with Gasteiger partial charge in [0.15, 0.2) is 0 Å². The Morgan fingerprint density at radius 1 is 0.725 bits per heavy atom. The van der Waals surface area contributed by atoms with Gasteiger partial charge in [0.2, 0.25) is 0 Å². The van der Waals surface area contributed by atoms with Gasteiger partial charge in [-0.05, 0) is 78.5 Å². The van der Waals surface area contributed by atoms with Crippen molar-refractivity contribution in [2.75, 3.05) is 18.0 Å². The van der Waals surface area contributed by atoms with Crippen molar-refractivity contribution in [1.29, 1.82) is 0 Å². The fourth-order valence-corrected chi connectivity index (χ4v) is 7.32. The third-order valence-electron chi connectivity index (χ3n) is 9.71. The molecule has 1 unspecified atom stereocenters. The molecule has 40 heavy (non-hydrogen) atoms. The van der Waals surface area contributed by atoms with Gasteiger partial charge in [-0.2, -0.15) is 0 Å². The molecule has 1 atom stereocenters. The fraction of sp³-hybridized carbons (Fsp3) is 0.429. The van der Waals surface area contributed by atoms with Crippen LogP contribution in [0.15, 0.2) is 77.8 Å². The minimum Gasteiger partial charge on any atom is -0.328 e. The van der Waals surface area contributed by atoms with E-state index in [0.717, 1.165) is 51.0 Å². The number of carbonyl (C=O) groups excluding carboxylic acids is 1. The van der Waals surface area contributed by atoms with Crippen molar-refractivity contribution in [3.8, 4) is 0 Å². The zero-order valence-corrected chi connectivity index (χ0v) is 23.4. The number of anilines is 1. The van der Waals surface area contributed by atoms with Gasteiger partial charge in [-0.25, -0.2) is 4.79 Å². The molecule has 3 aromatic carbocycles. The van der Waals surface area contributed by atoms with Crippen LogP contribution in [-0.2, 0) is 19.4 Å². The van der Waals surface area contributed by atoms with Crippen molar-refractivity contribution >= 4 is 17.9 Å². The first kappa shape index (κ1) is 25.5. The van der Waals surface area contributed by atoms with E-state index in [-0.39, 0.29) is 17.6 Å². The Labute approximate surface area is 238 Å². The van der Waals surface area contributed by atoms with Gasteiger partial charge in [-0.15, -0.1) is 0 Å². The van der Waals surface area contributed by atoms with Crippen LogP contribution in [0.2, 0.25) is 0 Å². The van der Waals surface area contributed by atoms with Gasteiger partial charge in [0.05, 0.1) is 11.6 Å². The van der Waals surface area contributed by atoms with Gasteiger partial charge in [-0.3, -0.25) is 14.8 Å². The molecule has 2 saturated heterocycles. The van der Waals surface area contributed by atoms with E-state index in [0.29, 0.717) is 6.04 Å². The molecule has 1 aliphatic carbocycles. The predicted octanol–water partition coefficient (Wildman–Crippen LogP) is 6.52. The SMILES string of the molecule is O=C1NC(C=NC2CCCCC2)C23CCN(CC2)Cc2ccc(cc2)Cc2ccc(cc2)Cc2ccc(cc2)N13. The summed E-state index contributed by atoms with van der Waals surface area (Å²) in [5, 5.41) is 3.35. The second-order valence-corrected chi connectivity index (χ2v) is 12.4. The second-order valence-electron chi connectivity index (χ2n) is 12.4. The van der Waals surface area contributed by atoms with Crippen LogP contribution in [0, 0.1) is 0 Å². The number of nitrogens with one attached hydrogen (secondary N) is 1. The number of aliphatic imine (C=N–C) groups is 1. The average molecular weight is 533 g/mol. The third kappa shape index (κ3) is 5.08. The largest absolute Gasteiger partial charge is 0.328 e. The molecule has 2 amide bonds. The van der Waals surface area contributed by atoms with Crippen LogP contribution in [0.5, 0.6) is 0 Å². The molecule has 9 aliphatic heterocycles. The molecule has 3 fully saturated rings. The zero-order valence-electron chi connectivity index (χ0n) is 23.4. The van der Waals surface area contributed by atoms with Gasteiger partial charge >= 0.3 is 6.03 Å². The Morgan fingerprint density at radius 3 is 1.82 bits per heavy atom. The quantitative estimate of drug-likeness (QED) is 0.382. The molecule has 5 nitrogen and oxygen atoms in total. The van der Waals surface area contributed by atoms with Crippen molar-refractivity contribution in [3.63, 3.8) is 0 Å². The highest BCUT2D eigenvalue weighted by atomic mass is 16.2. The second kappa shape index (κ2) is 10.9. The van der Waals surface area contributed by atoms with Gasteiger partial charge in [-0.1, -0.05) is 79.9 Å². The lowest BCUT2D eigenvalue weighted by Gasteiger charge is -2.46. The summed E-state index contributed by atoms with van der Waals surface area (Å²) in [6, 6.07) is 27.2. The summed E-state index contributed by atoms with van der Waals surface area (Å²) in [6.07, 6.45) is 12.0. The van der Waals surface area contributed by atoms with E-state index in [9.17, 15) is 4.79 Å². The maximum Gasteiger partial charge on any atom is 0.323 e. The first-order chi connectivity index (χ1) is 19.6. The lowest BCUT2D eigenvalue weighted by molar-refractivity contribution is 0.155. The lowest BCUT2D eigenvalue weighted by Crippen LogP contribution is -2.58. The van der Waals surface area contributed by atoms with Crippen molar-refractivity contribution in [1.82, 2.24) is 10.2 Å². The van der Waals surface area contributed by atoms with Crippen LogP contribution in [0.4, 0.5) is 10.5 Å². The van der Waals surface area contributed by atoms with Gasteiger partial charge in [0.1, 0.15) is 0 Å². The minimum atomic E-state index is -0.298. The number of amides is 2. The van der Waals surface area contributed by atoms with E-state index in [2.05, 4.69) is 94.1 Å². The average Bonchev–Trinajstić information content (AvgIpc) is 3.26. The molecular weight excluding hydrogens is 492 g/mol. The van der Waals surface area contributed by atoms with Crippen LogP contribution < -0.4 is 10.2 Å². The molecular formula is C35H40N4O. The van der Waals surface area contributed by atoms with Gasteiger partial charge in [0, 0.05) is 37.6 Å². The Morgan fingerprint density at radius 2 is 1.25 bits per heavy atom.